The van der Waals surface area contributed by atoms with Crippen LogP contribution in [0, 0.1) is 0 Å². The number of hydrogen-bond acceptors (Lipinski definition) is 2. The lowest BCUT2D eigenvalue weighted by molar-refractivity contribution is 0.0935. The smallest absolute Gasteiger partial charge is 0.255 e. The van der Waals surface area contributed by atoms with Gasteiger partial charge in [0.15, 0.2) is 0 Å². The molecule has 16 heavy (non-hydrogen) atoms. The molecule has 4 heteroatoms. The van der Waals surface area contributed by atoms with Gasteiger partial charge in [0.25, 0.3) is 5.91 Å². The van der Waals surface area contributed by atoms with Crippen molar-refractivity contribution in [3.05, 3.63) is 29.8 Å². The van der Waals surface area contributed by atoms with E-state index < -0.39 is 5.67 Å². The number of nitrogens with one attached hydrogen (secondary N) is 1. The van der Waals surface area contributed by atoms with Crippen LogP contribution in [0.3, 0.4) is 0 Å². The molecule has 0 aliphatic heterocycles. The Morgan fingerprint density at radius 3 is 2.81 bits per heavy atom. The maximum absolute atomic E-state index is 13.3. The second-order valence-electron chi connectivity index (χ2n) is 4.03. The second-order valence-corrected chi connectivity index (χ2v) is 4.03. The molecule has 86 valence electrons. The zero-order valence-corrected chi connectivity index (χ0v) is 9.13. The van der Waals surface area contributed by atoms with Crippen molar-refractivity contribution in [2.24, 2.45) is 0 Å². The molecular weight excluding hydrogens is 209 g/mol. The maximum atomic E-state index is 13.3. The van der Waals surface area contributed by atoms with Crippen molar-refractivity contribution in [1.29, 1.82) is 0 Å². The standard InChI is InChI=1S/C12H14FNO2/c1-16-10-5-3-2-4-9(10)11(15)14-8-12(13)6-7-12/h2-5H,6-8H2,1H3,(H,14,15). The van der Waals surface area contributed by atoms with Gasteiger partial charge in [-0.15, -0.1) is 0 Å². The quantitative estimate of drug-likeness (QED) is 0.847. The molecule has 1 aromatic rings. The first-order valence-electron chi connectivity index (χ1n) is 5.25. The molecule has 1 saturated carbocycles. The van der Waals surface area contributed by atoms with E-state index in [1.165, 1.54) is 7.11 Å². The number of halogens is 1. The molecule has 1 N–H and O–H groups in total. The van der Waals surface area contributed by atoms with Crippen LogP contribution in [0.2, 0.25) is 0 Å². The van der Waals surface area contributed by atoms with E-state index in [9.17, 15) is 9.18 Å². The van der Waals surface area contributed by atoms with Gasteiger partial charge in [-0.05, 0) is 25.0 Å². The number of alkyl halides is 1. The van der Waals surface area contributed by atoms with Crippen LogP contribution in [0.4, 0.5) is 4.39 Å². The second kappa shape index (κ2) is 4.12. The maximum Gasteiger partial charge on any atom is 0.255 e. The summed E-state index contributed by atoms with van der Waals surface area (Å²) in [7, 11) is 1.50. The summed E-state index contributed by atoms with van der Waals surface area (Å²) in [5.41, 5.74) is -0.730. The fourth-order valence-corrected chi connectivity index (χ4v) is 1.48. The van der Waals surface area contributed by atoms with Crippen molar-refractivity contribution < 1.29 is 13.9 Å². The highest BCUT2D eigenvalue weighted by atomic mass is 19.1. The van der Waals surface area contributed by atoms with E-state index in [0.29, 0.717) is 24.2 Å². The Morgan fingerprint density at radius 2 is 2.19 bits per heavy atom. The summed E-state index contributed by atoms with van der Waals surface area (Å²) in [6.45, 7) is 0.0872. The van der Waals surface area contributed by atoms with E-state index in [1.54, 1.807) is 24.3 Å². The number of methoxy groups -OCH3 is 1. The Kier molecular flexibility index (Phi) is 2.81. The third-order valence-corrected chi connectivity index (χ3v) is 2.71. The van der Waals surface area contributed by atoms with Crippen LogP contribution in [0.5, 0.6) is 5.75 Å². The SMILES string of the molecule is COc1ccccc1C(=O)NCC1(F)CC1. The molecule has 1 aliphatic carbocycles. The van der Waals surface area contributed by atoms with Crippen LogP contribution in [-0.4, -0.2) is 25.2 Å². The van der Waals surface area contributed by atoms with Crippen LogP contribution in [0.1, 0.15) is 23.2 Å². The first-order valence-corrected chi connectivity index (χ1v) is 5.25. The van der Waals surface area contributed by atoms with Gasteiger partial charge in [-0.25, -0.2) is 4.39 Å². The molecular formula is C12H14FNO2. The minimum atomic E-state index is -1.17. The Morgan fingerprint density at radius 1 is 1.50 bits per heavy atom. The average molecular weight is 223 g/mol. The predicted molar refractivity (Wildman–Crippen MR) is 58.4 cm³/mol. The van der Waals surface area contributed by atoms with Crippen molar-refractivity contribution in [1.82, 2.24) is 5.32 Å². The van der Waals surface area contributed by atoms with Crippen LogP contribution in [-0.2, 0) is 0 Å². The molecule has 0 saturated heterocycles. The van der Waals surface area contributed by atoms with Gasteiger partial charge in [0.2, 0.25) is 0 Å². The molecule has 0 heterocycles. The number of carbonyl (C=O) groups excluding carboxylic acids is 1. The zero-order valence-electron chi connectivity index (χ0n) is 9.13. The number of ether oxygens (including phenoxy) is 1. The Balaban J connectivity index is 2.02. The molecule has 0 aromatic heterocycles. The predicted octanol–water partition coefficient (Wildman–Crippen LogP) is 1.93. The highest BCUT2D eigenvalue weighted by Gasteiger charge is 2.43. The van der Waals surface area contributed by atoms with Crippen molar-refractivity contribution in [3.8, 4) is 5.75 Å². The van der Waals surface area contributed by atoms with Crippen LogP contribution in [0.25, 0.3) is 0 Å². The zero-order chi connectivity index (χ0) is 11.6. The number of para-hydroxylation sites is 1. The summed E-state index contributed by atoms with van der Waals surface area (Å²) < 4.78 is 18.4. The largest absolute Gasteiger partial charge is 0.496 e. The summed E-state index contributed by atoms with van der Waals surface area (Å²) in [4.78, 5) is 11.7. The Hall–Kier alpha value is -1.58. The molecule has 1 aliphatic rings. The molecule has 0 radical (unpaired) electrons. The Bertz CT molecular complexity index is 402. The van der Waals surface area contributed by atoms with Crippen molar-refractivity contribution in [3.63, 3.8) is 0 Å². The summed E-state index contributed by atoms with van der Waals surface area (Å²) in [5.74, 6) is 0.213. The highest BCUT2D eigenvalue weighted by molar-refractivity contribution is 5.96. The van der Waals surface area contributed by atoms with E-state index in [-0.39, 0.29) is 12.5 Å². The number of benzene rings is 1. The van der Waals surface area contributed by atoms with Gasteiger partial charge in [0.1, 0.15) is 11.4 Å². The van der Waals surface area contributed by atoms with Crippen LogP contribution >= 0.6 is 0 Å². The summed E-state index contributed by atoms with van der Waals surface area (Å²) in [6.07, 6.45) is 1.08. The van der Waals surface area contributed by atoms with E-state index in [0.717, 1.165) is 0 Å². The first-order chi connectivity index (χ1) is 7.64. The minimum Gasteiger partial charge on any atom is -0.496 e. The average Bonchev–Trinajstić information content (AvgIpc) is 3.05. The van der Waals surface area contributed by atoms with Crippen molar-refractivity contribution in [2.45, 2.75) is 18.5 Å². The molecule has 1 aromatic carbocycles. The number of amides is 1. The third-order valence-electron chi connectivity index (χ3n) is 2.71. The Labute approximate surface area is 93.6 Å². The monoisotopic (exact) mass is 223 g/mol. The van der Waals surface area contributed by atoms with Gasteiger partial charge >= 0.3 is 0 Å². The fourth-order valence-electron chi connectivity index (χ4n) is 1.48. The molecule has 1 amide bonds. The van der Waals surface area contributed by atoms with Gasteiger partial charge in [-0.3, -0.25) is 4.79 Å². The minimum absolute atomic E-state index is 0.0872. The molecule has 2 rings (SSSR count). The van der Waals surface area contributed by atoms with Gasteiger partial charge in [0.05, 0.1) is 19.2 Å². The third kappa shape index (κ3) is 2.32. The normalized spacial score (nSPS) is 16.6. The summed E-state index contributed by atoms with van der Waals surface area (Å²) in [5, 5.41) is 2.58. The van der Waals surface area contributed by atoms with Gasteiger partial charge in [-0.1, -0.05) is 12.1 Å². The molecule has 0 atom stereocenters. The summed E-state index contributed by atoms with van der Waals surface area (Å²) in [6, 6.07) is 6.90. The van der Waals surface area contributed by atoms with Crippen molar-refractivity contribution >= 4 is 5.91 Å². The lowest BCUT2D eigenvalue weighted by atomic mass is 10.2. The van der Waals surface area contributed by atoms with E-state index >= 15 is 0 Å². The molecule has 1 fully saturated rings. The molecule has 3 nitrogen and oxygen atoms in total. The van der Waals surface area contributed by atoms with Gasteiger partial charge < -0.3 is 10.1 Å². The lowest BCUT2D eigenvalue weighted by Crippen LogP contribution is -2.31. The summed E-state index contributed by atoms with van der Waals surface area (Å²) >= 11 is 0. The number of rotatable bonds is 4. The van der Waals surface area contributed by atoms with Gasteiger partial charge in [0, 0.05) is 0 Å². The van der Waals surface area contributed by atoms with E-state index in [1.807, 2.05) is 0 Å². The molecule has 0 spiro atoms. The fraction of sp³-hybridized carbons (Fsp3) is 0.417. The number of carbonyl (C=O) groups is 1. The van der Waals surface area contributed by atoms with Crippen LogP contribution < -0.4 is 10.1 Å². The van der Waals surface area contributed by atoms with E-state index in [4.69, 9.17) is 4.74 Å². The molecule has 0 unspecified atom stereocenters. The van der Waals surface area contributed by atoms with E-state index in [2.05, 4.69) is 5.32 Å². The lowest BCUT2D eigenvalue weighted by Gasteiger charge is -2.10. The first kappa shape index (κ1) is 10.9. The highest BCUT2D eigenvalue weighted by Crippen LogP contribution is 2.38. The number of hydrogen-bond donors (Lipinski definition) is 1. The van der Waals surface area contributed by atoms with Crippen molar-refractivity contribution in [2.75, 3.05) is 13.7 Å². The van der Waals surface area contributed by atoms with Crippen LogP contribution in [0.15, 0.2) is 24.3 Å². The topological polar surface area (TPSA) is 38.3 Å². The van der Waals surface area contributed by atoms with Gasteiger partial charge in [-0.2, -0.15) is 0 Å². The molecule has 0 bridgehead atoms.